The van der Waals surface area contributed by atoms with E-state index in [-0.39, 0.29) is 68.3 Å². The van der Waals surface area contributed by atoms with Crippen LogP contribution in [0.2, 0.25) is 0 Å². The first-order valence-electron chi connectivity index (χ1n) is 12.0. The molecule has 0 aromatic heterocycles. The zero-order valence-corrected chi connectivity index (χ0v) is 29.9. The molecule has 0 amide bonds. The van der Waals surface area contributed by atoms with Crippen molar-refractivity contribution in [3.8, 4) is 69.0 Å². The number of aromatic hydroxyl groups is 12. The molecule has 0 saturated heterocycles. The van der Waals surface area contributed by atoms with Crippen LogP contribution < -0.4 is 10.2 Å². The molecular weight excluding hydrogens is 762 g/mol. The Morgan fingerprint density at radius 2 is 0.500 bits per heavy atom. The van der Waals surface area contributed by atoms with Gasteiger partial charge in [-0.05, 0) is 48.5 Å². The first kappa shape index (κ1) is 46.4. The molecule has 0 bridgehead atoms. The van der Waals surface area contributed by atoms with Gasteiger partial charge in [-0.15, -0.1) is 0 Å². The Bertz CT molecular complexity index is 1510. The smallest absolute Gasteiger partial charge is 0.545 e. The number of hydrogen-bond donors (Lipinski definition) is 14. The van der Waals surface area contributed by atoms with E-state index in [1.165, 1.54) is 0 Å². The van der Waals surface area contributed by atoms with Crippen molar-refractivity contribution in [2.75, 3.05) is 0 Å². The molecule has 0 atom stereocenters. The molecule has 0 fully saturated rings. The molecule has 0 heterocycles. The van der Waals surface area contributed by atoms with Gasteiger partial charge in [0, 0.05) is 30.6 Å². The molecule has 0 aliphatic rings. The molecule has 4 aromatic carbocycles. The molecule has 20 nitrogen and oxygen atoms in total. The minimum Gasteiger partial charge on any atom is -0.545 e. The molecule has 4 rings (SSSR count). The zero-order valence-electron chi connectivity index (χ0n) is 24.7. The van der Waals surface area contributed by atoms with E-state index < -0.39 is 104 Å². The molecule has 258 valence electrons. The number of carbonyl (C=O) groups excluding carboxylic acids is 2. The molecule has 14 N–H and O–H groups in total. The van der Waals surface area contributed by atoms with E-state index in [2.05, 4.69) is 0 Å². The van der Waals surface area contributed by atoms with Crippen molar-refractivity contribution in [3.63, 3.8) is 0 Å². The van der Waals surface area contributed by atoms with Crippen LogP contribution >= 0.6 is 0 Å². The van der Waals surface area contributed by atoms with Gasteiger partial charge < -0.3 is 91.3 Å². The van der Waals surface area contributed by atoms with Crippen LogP contribution in [0.25, 0.3) is 0 Å². The van der Waals surface area contributed by atoms with Crippen LogP contribution in [0.15, 0.2) is 48.5 Å². The van der Waals surface area contributed by atoms with Crippen molar-refractivity contribution >= 4 is 61.6 Å². The number of carboxylic acids is 4. The third-order valence-corrected chi connectivity index (χ3v) is 5.24. The molecule has 0 saturated carbocycles. The Kier molecular flexibility index (Phi) is 18.5. The van der Waals surface area contributed by atoms with Crippen LogP contribution in [0.5, 0.6) is 69.0 Å². The summed E-state index contributed by atoms with van der Waals surface area (Å²) in [7, 11) is 0. The fraction of sp³-hybridized carbons (Fsp3) is 0. The topological polar surface area (TPSA) is 398 Å². The second-order valence-electron chi connectivity index (χ2n) is 8.64. The SMILES string of the molecule is O=C(O)c1cc(O)c(O)c(O)c1.O=C(O)c1cc(O)c(O)c(O)c1.O=C([O-])c1cc(O)c(O)c(O)c1.O=C([O-])c1cc(O)c(O)c(O)c1.[Ca+2].[Zn]. The number of benzene rings is 4. The fourth-order valence-electron chi connectivity index (χ4n) is 2.90. The monoisotopic (exact) mass is 782 g/mol. The normalized spacial score (nSPS) is 9.28. The van der Waals surface area contributed by atoms with Crippen molar-refractivity contribution in [2.24, 2.45) is 0 Å². The number of carboxylic acid groups (broad SMARTS) is 4. The van der Waals surface area contributed by atoms with Crippen LogP contribution in [0.3, 0.4) is 0 Å². The van der Waals surface area contributed by atoms with E-state index in [1.807, 2.05) is 0 Å². The van der Waals surface area contributed by atoms with Crippen LogP contribution in [0.1, 0.15) is 41.4 Å². The molecule has 22 heteroatoms. The van der Waals surface area contributed by atoms with Gasteiger partial charge in [0.05, 0.1) is 23.1 Å². The Labute approximate surface area is 319 Å². The van der Waals surface area contributed by atoms with Gasteiger partial charge >= 0.3 is 49.7 Å². The number of phenolic OH excluding ortho intramolecular Hbond substituents is 12. The van der Waals surface area contributed by atoms with E-state index in [4.69, 9.17) is 71.5 Å². The molecule has 0 spiro atoms. The van der Waals surface area contributed by atoms with E-state index >= 15 is 0 Å². The van der Waals surface area contributed by atoms with Gasteiger partial charge in [-0.3, -0.25) is 0 Å². The largest absolute Gasteiger partial charge is 2.00 e. The maximum absolute atomic E-state index is 10.3. The Morgan fingerprint density at radius 3 is 0.620 bits per heavy atom. The molecule has 50 heavy (non-hydrogen) atoms. The summed E-state index contributed by atoms with van der Waals surface area (Å²) in [6.07, 6.45) is 0. The maximum atomic E-state index is 10.3. The second kappa shape index (κ2) is 19.9. The first-order chi connectivity index (χ1) is 22.1. The van der Waals surface area contributed by atoms with Gasteiger partial charge in [0.2, 0.25) is 0 Å². The molecule has 4 aromatic rings. The molecule has 0 aliphatic heterocycles. The number of carbonyl (C=O) groups is 4. The third-order valence-electron chi connectivity index (χ3n) is 5.24. The van der Waals surface area contributed by atoms with Crippen LogP contribution in [-0.2, 0) is 19.5 Å². The average molecular weight is 784 g/mol. The second-order valence-corrected chi connectivity index (χ2v) is 8.64. The van der Waals surface area contributed by atoms with Gasteiger partial charge in [0.25, 0.3) is 0 Å². The minimum atomic E-state index is -1.54. The van der Waals surface area contributed by atoms with Crippen LogP contribution in [-0.4, -0.2) is 133 Å². The van der Waals surface area contributed by atoms with E-state index in [0.29, 0.717) is 0 Å². The summed E-state index contributed by atoms with van der Waals surface area (Å²) in [5.74, 6) is -14.0. The summed E-state index contributed by atoms with van der Waals surface area (Å²) < 4.78 is 0. The minimum absolute atomic E-state index is 0. The van der Waals surface area contributed by atoms with Crippen LogP contribution in [0, 0.1) is 0 Å². The van der Waals surface area contributed by atoms with E-state index in [0.717, 1.165) is 48.5 Å². The molecule has 0 unspecified atom stereocenters. The van der Waals surface area contributed by atoms with Gasteiger partial charge in [0.1, 0.15) is 0 Å². The quantitative estimate of drug-likeness (QED) is 0.0867. The Morgan fingerprint density at radius 1 is 0.360 bits per heavy atom. The Hall–Kier alpha value is -5.76. The summed E-state index contributed by atoms with van der Waals surface area (Å²) in [4.78, 5) is 41.0. The Balaban J connectivity index is 0. The van der Waals surface area contributed by atoms with Gasteiger partial charge in [-0.2, -0.15) is 0 Å². The summed E-state index contributed by atoms with van der Waals surface area (Å²) in [6.45, 7) is 0. The summed E-state index contributed by atoms with van der Waals surface area (Å²) in [5.41, 5.74) is -1.38. The standard InChI is InChI=1S/4C7H6O5.Ca.Zn/c4*8-4-1-3(7(11)12)2-5(9)6(4)10;;/h4*1-2,8-10H,(H,11,12);;/q;;;;+2;/p-2. The maximum Gasteiger partial charge on any atom is 2.00 e. The van der Waals surface area contributed by atoms with Gasteiger partial charge in [0.15, 0.2) is 69.0 Å². The number of phenols is 12. The molecule has 0 radical (unpaired) electrons. The van der Waals surface area contributed by atoms with E-state index in [1.54, 1.807) is 0 Å². The van der Waals surface area contributed by atoms with Gasteiger partial charge in [-0.1, -0.05) is 0 Å². The molecular formula is C28H22CaO20Zn. The predicted octanol–water partition coefficient (Wildman–Crippen LogP) is -1.05. The van der Waals surface area contributed by atoms with Crippen molar-refractivity contribution in [3.05, 3.63) is 70.8 Å². The third kappa shape index (κ3) is 13.0. The van der Waals surface area contributed by atoms with Crippen LogP contribution in [0.4, 0.5) is 0 Å². The van der Waals surface area contributed by atoms with E-state index in [9.17, 15) is 29.4 Å². The molecule has 0 aliphatic carbocycles. The number of aromatic carboxylic acids is 4. The van der Waals surface area contributed by atoms with Crippen molar-refractivity contribution in [2.45, 2.75) is 0 Å². The number of hydrogen-bond acceptors (Lipinski definition) is 18. The summed E-state index contributed by atoms with van der Waals surface area (Å²) in [6, 6.07) is 6.51. The average Bonchev–Trinajstić information content (AvgIpc) is 2.99. The first-order valence-corrected chi connectivity index (χ1v) is 12.0. The van der Waals surface area contributed by atoms with Crippen molar-refractivity contribution < 1.29 is 120 Å². The predicted molar refractivity (Wildman–Crippen MR) is 154 cm³/mol. The van der Waals surface area contributed by atoms with Crippen molar-refractivity contribution in [1.82, 2.24) is 0 Å². The zero-order chi connectivity index (χ0) is 37.2. The number of rotatable bonds is 4. The fourth-order valence-corrected chi connectivity index (χ4v) is 2.90. The van der Waals surface area contributed by atoms with Gasteiger partial charge in [-0.25, -0.2) is 9.59 Å². The summed E-state index contributed by atoms with van der Waals surface area (Å²) in [5, 5.41) is 143. The van der Waals surface area contributed by atoms with Crippen molar-refractivity contribution in [1.29, 1.82) is 0 Å². The summed E-state index contributed by atoms with van der Waals surface area (Å²) >= 11 is 0.